The highest BCUT2D eigenvalue weighted by molar-refractivity contribution is 6.12. The van der Waals surface area contributed by atoms with Crippen LogP contribution in [0.1, 0.15) is 53.9 Å². The molecule has 0 amide bonds. The van der Waals surface area contributed by atoms with Crippen LogP contribution in [0.4, 0.5) is 0 Å². The van der Waals surface area contributed by atoms with E-state index in [1.807, 2.05) is 0 Å². The van der Waals surface area contributed by atoms with Gasteiger partial charge in [0.1, 0.15) is 0 Å². The zero-order valence-electron chi connectivity index (χ0n) is 9.85. The second-order valence-electron chi connectivity index (χ2n) is 6.43. The molecule has 0 heterocycles. The first kappa shape index (κ1) is 11.1. The lowest BCUT2D eigenvalue weighted by molar-refractivity contribution is 0.112. The van der Waals surface area contributed by atoms with E-state index in [4.69, 9.17) is 7.85 Å². The monoisotopic (exact) mass is 178 g/mol. The molecule has 2 unspecified atom stereocenters. The van der Waals surface area contributed by atoms with Gasteiger partial charge in [0, 0.05) is 0 Å². The summed E-state index contributed by atoms with van der Waals surface area (Å²) in [5.74, 6) is 1.21. The molecule has 1 fully saturated rings. The smallest absolute Gasteiger partial charge is 0.0706 e. The van der Waals surface area contributed by atoms with Crippen molar-refractivity contribution in [3.63, 3.8) is 0 Å². The second-order valence-corrected chi connectivity index (χ2v) is 6.43. The molecule has 1 rings (SSSR count). The summed E-state index contributed by atoms with van der Waals surface area (Å²) in [4.78, 5) is 0. The Labute approximate surface area is 84.9 Å². The highest BCUT2D eigenvalue weighted by atomic mass is 14.4. The summed E-state index contributed by atoms with van der Waals surface area (Å²) >= 11 is 0. The standard InChI is InChI=1S/C12H23B/c1-11(2,3)9-6-7-12(4,5)10(13)8-9/h9-10H,6-8H2,1-5H3. The molecule has 0 aromatic heterocycles. The number of rotatable bonds is 0. The third-order valence-electron chi connectivity index (χ3n) is 3.90. The van der Waals surface area contributed by atoms with Gasteiger partial charge in [-0.05, 0) is 29.6 Å². The molecular weight excluding hydrogens is 155 g/mol. The minimum absolute atomic E-state index is 0.363. The quantitative estimate of drug-likeness (QED) is 0.494. The summed E-state index contributed by atoms with van der Waals surface area (Å²) in [6.45, 7) is 11.6. The molecule has 13 heavy (non-hydrogen) atoms. The fraction of sp³-hybridized carbons (Fsp3) is 1.00. The molecule has 1 saturated carbocycles. The first-order chi connectivity index (χ1) is 5.73. The van der Waals surface area contributed by atoms with E-state index in [9.17, 15) is 0 Å². The Hall–Kier alpha value is 0.0649. The van der Waals surface area contributed by atoms with Crippen molar-refractivity contribution in [2.75, 3.05) is 0 Å². The average molecular weight is 178 g/mol. The molecule has 2 radical (unpaired) electrons. The molecule has 74 valence electrons. The molecule has 1 heteroatoms. The molecule has 1 aliphatic carbocycles. The first-order valence-corrected chi connectivity index (χ1v) is 5.49. The van der Waals surface area contributed by atoms with Gasteiger partial charge in [-0.25, -0.2) is 0 Å². The zero-order chi connectivity index (χ0) is 10.3. The highest BCUT2D eigenvalue weighted by Gasteiger charge is 2.37. The largest absolute Gasteiger partial charge is 0.0721 e. The van der Waals surface area contributed by atoms with Crippen LogP contribution in [0, 0.1) is 16.7 Å². The lowest BCUT2D eigenvalue weighted by Crippen LogP contribution is -2.33. The second kappa shape index (κ2) is 3.33. The minimum atomic E-state index is 0.363. The normalized spacial score (nSPS) is 34.5. The van der Waals surface area contributed by atoms with Gasteiger partial charge in [-0.2, -0.15) is 0 Å². The van der Waals surface area contributed by atoms with Crippen molar-refractivity contribution < 1.29 is 0 Å². The van der Waals surface area contributed by atoms with Crippen molar-refractivity contribution in [1.29, 1.82) is 0 Å². The fourth-order valence-electron chi connectivity index (χ4n) is 2.26. The average Bonchev–Trinajstić information content (AvgIpc) is 1.92. The van der Waals surface area contributed by atoms with Crippen LogP contribution in [0.5, 0.6) is 0 Å². The van der Waals surface area contributed by atoms with Gasteiger partial charge >= 0.3 is 0 Å². The van der Waals surface area contributed by atoms with Gasteiger partial charge in [0.15, 0.2) is 0 Å². The molecule has 0 aromatic carbocycles. The van der Waals surface area contributed by atoms with Gasteiger partial charge < -0.3 is 0 Å². The van der Waals surface area contributed by atoms with Crippen molar-refractivity contribution in [3.05, 3.63) is 0 Å². The summed E-state index contributed by atoms with van der Waals surface area (Å²) in [7, 11) is 6.20. The van der Waals surface area contributed by atoms with Gasteiger partial charge in [-0.15, -0.1) is 0 Å². The third-order valence-corrected chi connectivity index (χ3v) is 3.90. The van der Waals surface area contributed by atoms with E-state index in [1.165, 1.54) is 19.3 Å². The van der Waals surface area contributed by atoms with E-state index >= 15 is 0 Å². The van der Waals surface area contributed by atoms with E-state index in [1.54, 1.807) is 0 Å². The molecule has 0 bridgehead atoms. The molecule has 0 spiro atoms. The van der Waals surface area contributed by atoms with Crippen molar-refractivity contribution in [2.45, 2.75) is 59.7 Å². The fourth-order valence-corrected chi connectivity index (χ4v) is 2.26. The van der Waals surface area contributed by atoms with Gasteiger partial charge in [0.2, 0.25) is 0 Å². The Morgan fingerprint density at radius 2 is 1.77 bits per heavy atom. The summed E-state index contributed by atoms with van der Waals surface area (Å²) < 4.78 is 0. The molecule has 2 atom stereocenters. The van der Waals surface area contributed by atoms with Crippen molar-refractivity contribution in [3.8, 4) is 0 Å². The van der Waals surface area contributed by atoms with Crippen LogP contribution in [0.15, 0.2) is 0 Å². The van der Waals surface area contributed by atoms with Crippen LogP contribution in [0.2, 0.25) is 5.82 Å². The zero-order valence-corrected chi connectivity index (χ0v) is 9.85. The maximum Gasteiger partial charge on any atom is 0.0706 e. The van der Waals surface area contributed by atoms with E-state index in [2.05, 4.69) is 34.6 Å². The predicted octanol–water partition coefficient (Wildman–Crippen LogP) is 3.82. The van der Waals surface area contributed by atoms with Crippen LogP contribution in [0.25, 0.3) is 0 Å². The minimum Gasteiger partial charge on any atom is -0.0721 e. The van der Waals surface area contributed by atoms with Crippen molar-refractivity contribution in [1.82, 2.24) is 0 Å². The number of hydrogen-bond acceptors (Lipinski definition) is 0. The summed E-state index contributed by atoms with van der Waals surface area (Å²) in [5, 5.41) is 0. The van der Waals surface area contributed by atoms with Crippen LogP contribution in [-0.2, 0) is 0 Å². The van der Waals surface area contributed by atoms with Gasteiger partial charge in [-0.1, -0.05) is 46.9 Å². The van der Waals surface area contributed by atoms with Gasteiger partial charge in [0.25, 0.3) is 0 Å². The highest BCUT2D eigenvalue weighted by Crippen LogP contribution is 2.49. The topological polar surface area (TPSA) is 0 Å². The summed E-state index contributed by atoms with van der Waals surface area (Å²) in [5.41, 5.74) is 0.801. The molecular formula is C12H23B. The van der Waals surface area contributed by atoms with E-state index < -0.39 is 0 Å². The van der Waals surface area contributed by atoms with E-state index in [0.717, 1.165) is 5.92 Å². The lowest BCUT2D eigenvalue weighted by atomic mass is 9.54. The van der Waals surface area contributed by atoms with Crippen molar-refractivity contribution >= 4 is 7.85 Å². The van der Waals surface area contributed by atoms with Gasteiger partial charge in [-0.3, -0.25) is 0 Å². The van der Waals surface area contributed by atoms with Crippen LogP contribution in [-0.4, -0.2) is 7.85 Å². The Bertz CT molecular complexity index is 176. The number of hydrogen-bond donors (Lipinski definition) is 0. The molecule has 0 nitrogen and oxygen atoms in total. The van der Waals surface area contributed by atoms with E-state index in [-0.39, 0.29) is 0 Å². The van der Waals surface area contributed by atoms with Crippen LogP contribution >= 0.6 is 0 Å². The Kier molecular flexibility index (Phi) is 2.85. The first-order valence-electron chi connectivity index (χ1n) is 5.49. The molecule has 0 aromatic rings. The van der Waals surface area contributed by atoms with Crippen LogP contribution < -0.4 is 0 Å². The molecule has 0 aliphatic heterocycles. The maximum atomic E-state index is 6.20. The van der Waals surface area contributed by atoms with Gasteiger partial charge in [0.05, 0.1) is 7.85 Å². The Balaban J connectivity index is 2.61. The Morgan fingerprint density at radius 1 is 1.23 bits per heavy atom. The van der Waals surface area contributed by atoms with E-state index in [0.29, 0.717) is 16.6 Å². The SMILES string of the molecule is [B]C1CC(C(C)(C)C)CCC1(C)C. The van der Waals surface area contributed by atoms with Crippen molar-refractivity contribution in [2.24, 2.45) is 16.7 Å². The summed E-state index contributed by atoms with van der Waals surface area (Å²) in [6.07, 6.45) is 3.84. The summed E-state index contributed by atoms with van der Waals surface area (Å²) in [6, 6.07) is 0. The lowest BCUT2D eigenvalue weighted by Gasteiger charge is -2.45. The molecule has 1 aliphatic rings. The predicted molar refractivity (Wildman–Crippen MR) is 60.1 cm³/mol. The van der Waals surface area contributed by atoms with Crippen LogP contribution in [0.3, 0.4) is 0 Å². The Morgan fingerprint density at radius 3 is 2.15 bits per heavy atom. The third kappa shape index (κ3) is 2.51. The molecule has 0 N–H and O–H groups in total. The maximum absolute atomic E-state index is 6.20. The molecule has 0 saturated heterocycles.